The van der Waals surface area contributed by atoms with Gasteiger partial charge in [0.05, 0.1) is 5.69 Å². The van der Waals surface area contributed by atoms with Gasteiger partial charge < -0.3 is 19.3 Å². The minimum absolute atomic E-state index is 0.0279. The van der Waals surface area contributed by atoms with Crippen molar-refractivity contribution in [3.63, 3.8) is 0 Å². The molecule has 1 saturated heterocycles. The Morgan fingerprint density at radius 2 is 1.90 bits per heavy atom. The highest BCUT2D eigenvalue weighted by Crippen LogP contribution is 2.25. The van der Waals surface area contributed by atoms with Gasteiger partial charge in [-0.15, -0.1) is 10.2 Å². The number of aromatic nitrogens is 3. The summed E-state index contributed by atoms with van der Waals surface area (Å²) in [6.07, 6.45) is -0.288. The number of anilines is 1. The van der Waals surface area contributed by atoms with Crippen molar-refractivity contribution in [2.75, 3.05) is 31.6 Å². The molecule has 158 valence electrons. The average molecular weight is 422 g/mol. The topological polar surface area (TPSA) is 72.7 Å². The minimum Gasteiger partial charge on any atom is -0.444 e. The Kier molecular flexibility index (Phi) is 6.33. The Labute approximate surface area is 176 Å². The van der Waals surface area contributed by atoms with Crippen LogP contribution in [0.25, 0.3) is 5.69 Å². The van der Waals surface area contributed by atoms with Crippen LogP contribution in [0.3, 0.4) is 0 Å². The Morgan fingerprint density at radius 1 is 1.21 bits per heavy atom. The molecule has 2 aromatic rings. The van der Waals surface area contributed by atoms with Crippen molar-refractivity contribution in [2.45, 2.75) is 45.9 Å². The predicted molar refractivity (Wildman–Crippen MR) is 112 cm³/mol. The molecule has 3 rings (SSSR count). The summed E-state index contributed by atoms with van der Waals surface area (Å²) in [6.45, 7) is 9.76. The van der Waals surface area contributed by atoms with Crippen LogP contribution >= 0.6 is 11.6 Å². The van der Waals surface area contributed by atoms with Crippen molar-refractivity contribution in [3.05, 3.63) is 35.1 Å². The smallest absolute Gasteiger partial charge is 0.410 e. The van der Waals surface area contributed by atoms with Gasteiger partial charge in [0.25, 0.3) is 0 Å². The minimum atomic E-state index is -0.516. The second kappa shape index (κ2) is 8.59. The number of ether oxygens (including phenoxy) is 2. The first-order chi connectivity index (χ1) is 13.7. The Hall–Kier alpha value is -2.32. The highest BCUT2D eigenvalue weighted by atomic mass is 35.5. The lowest BCUT2D eigenvalue weighted by Gasteiger charge is -2.40. The third-order valence-corrected chi connectivity index (χ3v) is 4.86. The monoisotopic (exact) mass is 421 g/mol. The fraction of sp³-hybridized carbons (Fsp3) is 0.550. The second-order valence-electron chi connectivity index (χ2n) is 8.13. The molecule has 0 radical (unpaired) electrons. The lowest BCUT2D eigenvalue weighted by Crippen LogP contribution is -2.55. The van der Waals surface area contributed by atoms with Gasteiger partial charge in [-0.05, 0) is 52.0 Å². The average Bonchev–Trinajstić information content (AvgIpc) is 3.05. The van der Waals surface area contributed by atoms with Crippen LogP contribution < -0.4 is 4.90 Å². The maximum absolute atomic E-state index is 12.5. The van der Waals surface area contributed by atoms with Crippen molar-refractivity contribution in [3.8, 4) is 5.69 Å². The lowest BCUT2D eigenvalue weighted by atomic mass is 10.2. The van der Waals surface area contributed by atoms with Gasteiger partial charge in [-0.1, -0.05) is 11.6 Å². The van der Waals surface area contributed by atoms with Gasteiger partial charge in [0.1, 0.15) is 12.2 Å². The highest BCUT2D eigenvalue weighted by Gasteiger charge is 2.33. The van der Waals surface area contributed by atoms with Gasteiger partial charge in [0.15, 0.2) is 5.82 Å². The van der Waals surface area contributed by atoms with E-state index in [1.807, 2.05) is 56.5 Å². The zero-order valence-electron chi connectivity index (χ0n) is 17.6. The molecule has 0 saturated carbocycles. The summed E-state index contributed by atoms with van der Waals surface area (Å²) in [5.74, 6) is 1.42. The van der Waals surface area contributed by atoms with Crippen molar-refractivity contribution in [1.29, 1.82) is 0 Å². The number of hydrogen-bond acceptors (Lipinski definition) is 6. The molecule has 1 aromatic carbocycles. The fourth-order valence-electron chi connectivity index (χ4n) is 3.32. The summed E-state index contributed by atoms with van der Waals surface area (Å²) in [7, 11) is 1.63. The number of benzene rings is 1. The Balaban J connectivity index is 1.83. The number of amides is 1. The maximum Gasteiger partial charge on any atom is 0.410 e. The van der Waals surface area contributed by atoms with Gasteiger partial charge in [-0.3, -0.25) is 4.57 Å². The molecular weight excluding hydrogens is 394 g/mol. The Morgan fingerprint density at radius 3 is 2.48 bits per heavy atom. The summed E-state index contributed by atoms with van der Waals surface area (Å²) in [5.41, 5.74) is 0.390. The molecule has 2 heterocycles. The third kappa shape index (κ3) is 5.00. The van der Waals surface area contributed by atoms with E-state index in [0.717, 1.165) is 11.6 Å². The number of piperazine rings is 1. The molecule has 9 heteroatoms. The lowest BCUT2D eigenvalue weighted by molar-refractivity contribution is 0.0158. The molecule has 0 bridgehead atoms. The zero-order chi connectivity index (χ0) is 21.2. The van der Waals surface area contributed by atoms with E-state index in [1.54, 1.807) is 12.0 Å². The zero-order valence-corrected chi connectivity index (χ0v) is 18.3. The van der Waals surface area contributed by atoms with Crippen LogP contribution in [0.15, 0.2) is 24.3 Å². The van der Waals surface area contributed by atoms with Crippen LogP contribution in [-0.2, 0) is 16.1 Å². The van der Waals surface area contributed by atoms with Crippen LogP contribution in [0.2, 0.25) is 5.02 Å². The van der Waals surface area contributed by atoms with E-state index >= 15 is 0 Å². The van der Waals surface area contributed by atoms with Crippen LogP contribution in [-0.4, -0.2) is 64.1 Å². The molecule has 1 aliphatic rings. The molecule has 8 nitrogen and oxygen atoms in total. The van der Waals surface area contributed by atoms with Gasteiger partial charge in [-0.25, -0.2) is 4.79 Å². The molecule has 1 aliphatic heterocycles. The van der Waals surface area contributed by atoms with E-state index in [9.17, 15) is 4.79 Å². The van der Waals surface area contributed by atoms with Gasteiger partial charge >= 0.3 is 6.09 Å². The quantitative estimate of drug-likeness (QED) is 0.752. The van der Waals surface area contributed by atoms with E-state index in [-0.39, 0.29) is 12.1 Å². The van der Waals surface area contributed by atoms with Gasteiger partial charge in [0, 0.05) is 37.8 Å². The number of nitrogens with zero attached hydrogens (tertiary/aromatic N) is 5. The molecule has 29 heavy (non-hydrogen) atoms. The van der Waals surface area contributed by atoms with Gasteiger partial charge in [-0.2, -0.15) is 0 Å². The first-order valence-corrected chi connectivity index (χ1v) is 10.0. The van der Waals surface area contributed by atoms with Crippen molar-refractivity contribution >= 4 is 23.6 Å². The predicted octanol–water partition coefficient (Wildman–Crippen LogP) is 3.51. The van der Waals surface area contributed by atoms with Crippen molar-refractivity contribution in [2.24, 2.45) is 0 Å². The molecule has 1 amide bonds. The summed E-state index contributed by atoms with van der Waals surface area (Å²) >= 11 is 6.05. The standard InChI is InChI=1S/C20H28ClN5O3/c1-14-12-24(10-11-25(14)19(27)29-20(2,3)4)18-23-22-17(13-28-5)26(18)16-8-6-15(21)7-9-16/h6-9,14H,10-13H2,1-5H3. The molecular formula is C20H28ClN5O3. The molecule has 1 aromatic heterocycles. The maximum atomic E-state index is 12.5. The van der Waals surface area contributed by atoms with Crippen LogP contribution in [0, 0.1) is 0 Å². The van der Waals surface area contributed by atoms with E-state index in [2.05, 4.69) is 15.1 Å². The summed E-state index contributed by atoms with van der Waals surface area (Å²) in [4.78, 5) is 16.4. The molecule has 0 aliphatic carbocycles. The van der Waals surface area contributed by atoms with E-state index < -0.39 is 5.60 Å². The first kappa shape index (κ1) is 21.4. The number of halogens is 1. The number of hydrogen-bond donors (Lipinski definition) is 0. The molecule has 1 atom stereocenters. The Bertz CT molecular complexity index is 847. The number of methoxy groups -OCH3 is 1. The van der Waals surface area contributed by atoms with E-state index in [1.165, 1.54) is 0 Å². The highest BCUT2D eigenvalue weighted by molar-refractivity contribution is 6.30. The molecule has 0 spiro atoms. The normalized spacial score (nSPS) is 17.5. The molecule has 1 unspecified atom stereocenters. The van der Waals surface area contributed by atoms with Crippen LogP contribution in [0.4, 0.5) is 10.7 Å². The van der Waals surface area contributed by atoms with Crippen LogP contribution in [0.5, 0.6) is 0 Å². The van der Waals surface area contributed by atoms with Crippen molar-refractivity contribution in [1.82, 2.24) is 19.7 Å². The number of carbonyl (C=O) groups excluding carboxylic acids is 1. The van der Waals surface area contributed by atoms with E-state index in [0.29, 0.717) is 37.1 Å². The van der Waals surface area contributed by atoms with Gasteiger partial charge in [0.2, 0.25) is 5.95 Å². The second-order valence-corrected chi connectivity index (χ2v) is 8.57. The third-order valence-electron chi connectivity index (χ3n) is 4.61. The summed E-state index contributed by atoms with van der Waals surface area (Å²) in [5, 5.41) is 9.39. The van der Waals surface area contributed by atoms with Crippen LogP contribution in [0.1, 0.15) is 33.5 Å². The first-order valence-electron chi connectivity index (χ1n) is 9.63. The fourth-order valence-corrected chi connectivity index (χ4v) is 3.45. The number of rotatable bonds is 4. The van der Waals surface area contributed by atoms with Crippen molar-refractivity contribution < 1.29 is 14.3 Å². The summed E-state index contributed by atoms with van der Waals surface area (Å²) in [6, 6.07) is 7.49. The number of carbonyl (C=O) groups is 1. The molecule has 0 N–H and O–H groups in total. The largest absolute Gasteiger partial charge is 0.444 e. The summed E-state index contributed by atoms with van der Waals surface area (Å²) < 4.78 is 12.8. The SMILES string of the molecule is COCc1nnc(N2CCN(C(=O)OC(C)(C)C)C(C)C2)n1-c1ccc(Cl)cc1. The molecule has 1 fully saturated rings. The van der Waals surface area contributed by atoms with E-state index in [4.69, 9.17) is 21.1 Å².